The van der Waals surface area contributed by atoms with Crippen LogP contribution < -0.4 is 11.1 Å². The van der Waals surface area contributed by atoms with Crippen LogP contribution >= 0.6 is 0 Å². The second kappa shape index (κ2) is 11.1. The van der Waals surface area contributed by atoms with E-state index in [0.29, 0.717) is 17.5 Å². The summed E-state index contributed by atoms with van der Waals surface area (Å²) < 4.78 is 40.6. The fourth-order valence-corrected chi connectivity index (χ4v) is 6.13. The van der Waals surface area contributed by atoms with Crippen molar-refractivity contribution in [3.05, 3.63) is 65.0 Å². The van der Waals surface area contributed by atoms with Crippen LogP contribution in [0.3, 0.4) is 0 Å². The fraction of sp³-hybridized carbons (Fsp3) is 0.458. The molecule has 0 aliphatic carbocycles. The number of nitrogens with two attached hydrogens (primary N) is 1. The second-order valence-electron chi connectivity index (χ2n) is 8.67. The van der Waals surface area contributed by atoms with Crippen molar-refractivity contribution >= 4 is 21.5 Å². The largest absolute Gasteiger partial charge is 0.444 e. The molecule has 3 rings (SSSR count). The maximum Gasteiger partial charge on any atom is 0.412 e. The van der Waals surface area contributed by atoms with Crippen molar-refractivity contribution in [1.82, 2.24) is 0 Å². The lowest BCUT2D eigenvalue weighted by molar-refractivity contribution is 0.0932. The standard InChI is InChI=1S/C24H32FN3O4S/c1-2-3-9-18-10-17(11-19-14-33(27,31)15-21(26)23(19)29)12-20(25)22(18)28-24(30)32-13-16-7-5-4-6-8-16/h4-8,10,12,19,21,23,27,29H,2-3,9,11,13-15,26H2,1H3,(H,28,30)/t19-,21+,23+,33?/m1/s1. The quantitative estimate of drug-likeness (QED) is 0.460. The Balaban J connectivity index is 1.76. The maximum atomic E-state index is 15.1. The molecule has 0 bridgehead atoms. The van der Waals surface area contributed by atoms with Gasteiger partial charge in [-0.3, -0.25) is 10.1 Å². The third kappa shape index (κ3) is 6.99. The number of aryl methyl sites for hydroxylation is 1. The lowest BCUT2D eigenvalue weighted by Gasteiger charge is -2.34. The molecule has 180 valence electrons. The number of hydrogen-bond donors (Lipinski definition) is 4. The first-order valence-electron chi connectivity index (χ1n) is 11.2. The summed E-state index contributed by atoms with van der Waals surface area (Å²) in [5, 5.41) is 13.0. The number of halogens is 1. The molecule has 1 unspecified atom stereocenters. The van der Waals surface area contributed by atoms with Gasteiger partial charge in [0.15, 0.2) is 0 Å². The molecular weight excluding hydrogens is 445 g/mol. The Hall–Kier alpha value is -2.49. The number of amides is 1. The first kappa shape index (κ1) is 25.1. The van der Waals surface area contributed by atoms with E-state index in [1.807, 2.05) is 37.3 Å². The summed E-state index contributed by atoms with van der Waals surface area (Å²) >= 11 is 0. The number of aliphatic hydroxyl groups excluding tert-OH is 1. The van der Waals surface area contributed by atoms with Crippen LogP contribution in [0.5, 0.6) is 0 Å². The normalized spacial score (nSPS) is 24.9. The van der Waals surface area contributed by atoms with E-state index < -0.39 is 39.7 Å². The zero-order chi connectivity index (χ0) is 24.0. The van der Waals surface area contributed by atoms with E-state index in [0.717, 1.165) is 18.4 Å². The molecule has 0 spiro atoms. The number of ether oxygens (including phenoxy) is 1. The van der Waals surface area contributed by atoms with E-state index in [4.69, 9.17) is 15.3 Å². The average Bonchev–Trinajstić information content (AvgIpc) is 2.76. The van der Waals surface area contributed by atoms with Crippen molar-refractivity contribution in [3.8, 4) is 0 Å². The predicted octanol–water partition coefficient (Wildman–Crippen LogP) is 3.82. The highest BCUT2D eigenvalue weighted by atomic mass is 32.2. The van der Waals surface area contributed by atoms with Crippen molar-refractivity contribution in [2.45, 2.75) is 51.4 Å². The molecule has 2 aromatic carbocycles. The Morgan fingerprint density at radius 1 is 1.27 bits per heavy atom. The van der Waals surface area contributed by atoms with E-state index in [2.05, 4.69) is 5.32 Å². The maximum absolute atomic E-state index is 15.1. The van der Waals surface area contributed by atoms with Gasteiger partial charge in [0.25, 0.3) is 0 Å². The molecule has 9 heteroatoms. The minimum absolute atomic E-state index is 0.0274. The summed E-state index contributed by atoms with van der Waals surface area (Å²) in [6.07, 6.45) is 0.843. The van der Waals surface area contributed by atoms with Gasteiger partial charge in [0.2, 0.25) is 0 Å². The highest BCUT2D eigenvalue weighted by Crippen LogP contribution is 2.28. The van der Waals surface area contributed by atoms with Crippen LogP contribution in [0.25, 0.3) is 0 Å². The van der Waals surface area contributed by atoms with Gasteiger partial charge < -0.3 is 15.6 Å². The van der Waals surface area contributed by atoms with E-state index in [-0.39, 0.29) is 30.2 Å². The minimum Gasteiger partial charge on any atom is -0.444 e. The number of rotatable bonds is 8. The van der Waals surface area contributed by atoms with Gasteiger partial charge in [-0.15, -0.1) is 0 Å². The molecule has 1 aliphatic heterocycles. The fourth-order valence-electron chi connectivity index (χ4n) is 4.16. The minimum atomic E-state index is -2.87. The summed E-state index contributed by atoms with van der Waals surface area (Å²) in [4.78, 5) is 12.3. The molecule has 7 nitrogen and oxygen atoms in total. The van der Waals surface area contributed by atoms with E-state index in [1.165, 1.54) is 6.07 Å². The Morgan fingerprint density at radius 3 is 2.70 bits per heavy atom. The molecule has 1 aliphatic rings. The summed E-state index contributed by atoms with van der Waals surface area (Å²) in [5.74, 6) is -1.10. The first-order valence-corrected chi connectivity index (χ1v) is 13.0. The van der Waals surface area contributed by atoms with Crippen LogP contribution in [-0.4, -0.2) is 39.1 Å². The zero-order valence-corrected chi connectivity index (χ0v) is 19.6. The van der Waals surface area contributed by atoms with Gasteiger partial charge in [-0.05, 0) is 42.0 Å². The topological polar surface area (TPSA) is 126 Å². The number of benzene rings is 2. The molecular formula is C24H32FN3O4S. The molecule has 2 aromatic rings. The number of anilines is 1. The predicted molar refractivity (Wildman–Crippen MR) is 127 cm³/mol. The summed E-state index contributed by atoms with van der Waals surface area (Å²) in [7, 11) is -2.87. The third-order valence-corrected chi connectivity index (χ3v) is 7.73. The molecule has 4 atom stereocenters. The summed E-state index contributed by atoms with van der Waals surface area (Å²) in [5.41, 5.74) is 8.03. The molecule has 0 saturated carbocycles. The SMILES string of the molecule is CCCCc1cc(C[C@@H]2CS(=N)(=O)C[C@H](N)[C@H]2O)cc(F)c1NC(=O)OCc1ccccc1. The summed E-state index contributed by atoms with van der Waals surface area (Å²) in [6.45, 7) is 2.09. The molecule has 1 heterocycles. The first-order chi connectivity index (χ1) is 15.7. The van der Waals surface area contributed by atoms with Crippen molar-refractivity contribution in [3.63, 3.8) is 0 Å². The highest BCUT2D eigenvalue weighted by Gasteiger charge is 2.36. The number of aliphatic hydroxyl groups is 1. The van der Waals surface area contributed by atoms with E-state index >= 15 is 4.39 Å². The monoisotopic (exact) mass is 477 g/mol. The Kier molecular flexibility index (Phi) is 8.45. The average molecular weight is 478 g/mol. The lowest BCUT2D eigenvalue weighted by atomic mass is 9.90. The van der Waals surface area contributed by atoms with Gasteiger partial charge in [0.05, 0.1) is 11.8 Å². The number of hydrogen-bond acceptors (Lipinski definition) is 6. The number of carbonyl (C=O) groups excluding carboxylic acids is 1. The number of carbonyl (C=O) groups is 1. The zero-order valence-electron chi connectivity index (χ0n) is 18.8. The van der Waals surface area contributed by atoms with Crippen LogP contribution in [0.2, 0.25) is 0 Å². The molecule has 0 radical (unpaired) electrons. The van der Waals surface area contributed by atoms with Gasteiger partial charge in [-0.25, -0.2) is 13.4 Å². The molecule has 1 saturated heterocycles. The van der Waals surface area contributed by atoms with Crippen LogP contribution in [-0.2, 0) is 33.9 Å². The molecule has 5 N–H and O–H groups in total. The molecule has 1 fully saturated rings. The van der Waals surface area contributed by atoms with Crippen LogP contribution in [0.15, 0.2) is 42.5 Å². The third-order valence-electron chi connectivity index (χ3n) is 5.84. The smallest absolute Gasteiger partial charge is 0.412 e. The van der Waals surface area contributed by atoms with Crippen molar-refractivity contribution < 1.29 is 23.2 Å². The summed E-state index contributed by atoms with van der Waals surface area (Å²) in [6, 6.07) is 11.6. The highest BCUT2D eigenvalue weighted by molar-refractivity contribution is 7.92. The van der Waals surface area contributed by atoms with Crippen LogP contribution in [0.1, 0.15) is 36.5 Å². The van der Waals surface area contributed by atoms with Crippen LogP contribution in [0, 0.1) is 16.5 Å². The Morgan fingerprint density at radius 2 is 2.00 bits per heavy atom. The van der Waals surface area contributed by atoms with Gasteiger partial charge in [0.1, 0.15) is 12.4 Å². The van der Waals surface area contributed by atoms with Crippen LogP contribution in [0.4, 0.5) is 14.9 Å². The molecule has 0 aromatic heterocycles. The Labute approximate surface area is 194 Å². The number of nitrogens with one attached hydrogen (secondary N) is 2. The Bertz CT molecular complexity index is 1060. The van der Waals surface area contributed by atoms with Gasteiger partial charge >= 0.3 is 6.09 Å². The van der Waals surface area contributed by atoms with Crippen molar-refractivity contribution in [2.24, 2.45) is 11.7 Å². The molecule has 33 heavy (non-hydrogen) atoms. The van der Waals surface area contributed by atoms with Crippen molar-refractivity contribution in [1.29, 1.82) is 4.78 Å². The lowest BCUT2D eigenvalue weighted by Crippen LogP contribution is -2.52. The number of unbranched alkanes of at least 4 members (excludes halogenated alkanes) is 1. The van der Waals surface area contributed by atoms with Gasteiger partial charge in [0, 0.05) is 33.2 Å². The second-order valence-corrected chi connectivity index (χ2v) is 11.0. The van der Waals surface area contributed by atoms with Gasteiger partial charge in [-0.2, -0.15) is 0 Å². The van der Waals surface area contributed by atoms with Gasteiger partial charge in [-0.1, -0.05) is 49.7 Å². The van der Waals surface area contributed by atoms with Crippen molar-refractivity contribution in [2.75, 3.05) is 16.8 Å². The van der Waals surface area contributed by atoms with E-state index in [9.17, 15) is 14.1 Å². The molecule has 1 amide bonds. The van der Waals surface area contributed by atoms with E-state index in [1.54, 1.807) is 6.07 Å².